The monoisotopic (exact) mass is 391 g/mol. The van der Waals surface area contributed by atoms with E-state index in [4.69, 9.17) is 22.1 Å². The summed E-state index contributed by atoms with van der Waals surface area (Å²) in [4.78, 5) is 23.8. The number of nitrogens with zero attached hydrogens (tertiary/aromatic N) is 1. The van der Waals surface area contributed by atoms with Gasteiger partial charge in [-0.25, -0.2) is 4.79 Å². The van der Waals surface area contributed by atoms with Gasteiger partial charge in [-0.3, -0.25) is 14.3 Å². The van der Waals surface area contributed by atoms with Crippen molar-refractivity contribution in [2.24, 2.45) is 0 Å². The van der Waals surface area contributed by atoms with Gasteiger partial charge in [0.15, 0.2) is 14.5 Å². The Morgan fingerprint density at radius 3 is 2.64 bits per heavy atom. The maximum atomic E-state index is 12.1. The van der Waals surface area contributed by atoms with Gasteiger partial charge in [-0.05, 0) is 25.1 Å². The van der Waals surface area contributed by atoms with E-state index >= 15 is 0 Å². The molecule has 7 nitrogen and oxygen atoms in total. The summed E-state index contributed by atoms with van der Waals surface area (Å²) < 4.78 is 21.3. The normalized spacial score (nSPS) is 34.2. The van der Waals surface area contributed by atoms with Crippen LogP contribution >= 0.6 is 11.6 Å². The van der Waals surface area contributed by atoms with Crippen molar-refractivity contribution < 1.29 is 15.6 Å². The van der Waals surface area contributed by atoms with Crippen LogP contribution in [0.2, 0.25) is 18.1 Å². The number of ether oxygens (including phenoxy) is 1. The number of halogens is 1. The average Bonchev–Trinajstić information content (AvgIpc) is 2.63. The molecule has 0 saturated carbocycles. The van der Waals surface area contributed by atoms with Crippen molar-refractivity contribution in [2.45, 2.75) is 69.1 Å². The van der Waals surface area contributed by atoms with Crippen LogP contribution in [0.4, 0.5) is 0 Å². The molecule has 0 radical (unpaired) electrons. The maximum Gasteiger partial charge on any atom is 0.330 e. The topological polar surface area (TPSA) is 93.5 Å². The van der Waals surface area contributed by atoms with E-state index in [-0.39, 0.29) is 11.6 Å². The number of alkyl halides is 1. The first-order valence-electron chi connectivity index (χ1n) is 8.63. The van der Waals surface area contributed by atoms with Gasteiger partial charge in [0.05, 0.1) is 7.98 Å². The Kier molecular flexibility index (Phi) is 5.02. The maximum absolute atomic E-state index is 12.1. The molecule has 1 unspecified atom stereocenters. The van der Waals surface area contributed by atoms with E-state index in [9.17, 15) is 14.7 Å². The molecule has 1 aliphatic heterocycles. The van der Waals surface area contributed by atoms with Crippen molar-refractivity contribution in [3.8, 4) is 0 Å². The highest BCUT2D eigenvalue weighted by Gasteiger charge is 2.54. The predicted octanol–water partition coefficient (Wildman–Crippen LogP) is 1.81. The van der Waals surface area contributed by atoms with E-state index in [0.29, 0.717) is 0 Å². The van der Waals surface area contributed by atoms with Crippen LogP contribution in [0.5, 0.6) is 0 Å². The highest BCUT2D eigenvalue weighted by molar-refractivity contribution is 6.74. The second-order valence-corrected chi connectivity index (χ2v) is 13.6. The molecular weight excluding hydrogens is 364 g/mol. The van der Waals surface area contributed by atoms with Gasteiger partial charge < -0.3 is 14.3 Å². The van der Waals surface area contributed by atoms with Crippen molar-refractivity contribution in [3.63, 3.8) is 0 Å². The minimum absolute atomic E-state index is 0.0204. The third-order valence-corrected chi connectivity index (χ3v) is 9.95. The lowest BCUT2D eigenvalue weighted by atomic mass is 10.0. The van der Waals surface area contributed by atoms with Crippen LogP contribution in [0.3, 0.4) is 0 Å². The smallest absolute Gasteiger partial charge is 0.330 e. The Labute approximate surface area is 154 Å². The van der Waals surface area contributed by atoms with Crippen molar-refractivity contribution in [2.75, 3.05) is 6.61 Å². The van der Waals surface area contributed by atoms with E-state index in [1.54, 1.807) is 0 Å². The van der Waals surface area contributed by atoms with Gasteiger partial charge in [0.2, 0.25) is 0 Å². The highest BCUT2D eigenvalue weighted by atomic mass is 35.5. The van der Waals surface area contributed by atoms with Crippen LogP contribution in [0, 0.1) is 0 Å². The Hall–Kier alpha value is -0.933. The summed E-state index contributed by atoms with van der Waals surface area (Å²) in [6.07, 6.45) is -3.15. The Morgan fingerprint density at radius 1 is 1.52 bits per heavy atom. The SMILES string of the molecule is [2H]C1(O)[C@@H](CO[Si](C)(C)C(C)(C)C)O[C@@H](n2ccc(=O)[nH]c2=O)[C@]1(C)Cl. The lowest BCUT2D eigenvalue weighted by Crippen LogP contribution is -2.46. The minimum atomic E-state index is -2.20. The molecule has 0 aromatic carbocycles. The average molecular weight is 392 g/mol. The molecule has 0 spiro atoms. The van der Waals surface area contributed by atoms with Crippen molar-refractivity contribution in [3.05, 3.63) is 33.1 Å². The second kappa shape index (κ2) is 6.66. The molecule has 2 heterocycles. The quantitative estimate of drug-likeness (QED) is 0.603. The molecule has 1 fully saturated rings. The van der Waals surface area contributed by atoms with Gasteiger partial charge >= 0.3 is 5.69 Å². The van der Waals surface area contributed by atoms with Crippen LogP contribution in [-0.4, -0.2) is 46.6 Å². The van der Waals surface area contributed by atoms with E-state index in [0.717, 1.165) is 10.6 Å². The molecular formula is C16H27ClN2O5Si. The zero-order chi connectivity index (χ0) is 20.1. The standard InChI is InChI=1S/C16H27ClN2O5Si/c1-15(2,3)25(5,6)23-9-10-12(21)16(4,17)13(24-10)19-8-7-11(20)18-14(19)22/h7-8,10,12-13,21H,9H2,1-6H3,(H,18,20,22)/t10-,12?,13-,16-/m1/s1/i12D. The largest absolute Gasteiger partial charge is 0.414 e. The molecule has 0 aliphatic carbocycles. The number of aromatic amines is 1. The van der Waals surface area contributed by atoms with E-state index in [1.165, 1.54) is 13.1 Å². The zero-order valence-corrected chi connectivity index (χ0v) is 17.2. The third kappa shape index (κ3) is 3.93. The molecule has 9 heteroatoms. The lowest BCUT2D eigenvalue weighted by Gasteiger charge is -2.37. The number of nitrogens with one attached hydrogen (secondary N) is 1. The van der Waals surface area contributed by atoms with Crippen LogP contribution < -0.4 is 11.2 Å². The Morgan fingerprint density at radius 2 is 2.12 bits per heavy atom. The molecule has 0 bridgehead atoms. The number of H-pyrrole nitrogens is 1. The summed E-state index contributed by atoms with van der Waals surface area (Å²) in [7, 11) is -2.13. The van der Waals surface area contributed by atoms with Gasteiger partial charge in [-0.1, -0.05) is 20.8 Å². The first-order chi connectivity index (χ1) is 11.6. The summed E-state index contributed by atoms with van der Waals surface area (Å²) in [6.45, 7) is 11.7. The molecule has 1 aromatic rings. The number of aromatic nitrogens is 2. The van der Waals surface area contributed by atoms with Gasteiger partial charge in [0, 0.05) is 12.3 Å². The Balaban J connectivity index is 2.31. The fraction of sp³-hybridized carbons (Fsp3) is 0.750. The van der Waals surface area contributed by atoms with Crippen LogP contribution in [0.1, 0.15) is 35.3 Å². The molecule has 2 N–H and O–H groups in total. The first kappa shape index (κ1) is 18.8. The zero-order valence-electron chi connectivity index (χ0n) is 16.4. The summed E-state index contributed by atoms with van der Waals surface area (Å²) in [5.74, 6) is 0. The van der Waals surface area contributed by atoms with Crippen molar-refractivity contribution in [1.82, 2.24) is 9.55 Å². The molecule has 142 valence electrons. The van der Waals surface area contributed by atoms with Crippen LogP contribution in [0.15, 0.2) is 21.9 Å². The predicted molar refractivity (Wildman–Crippen MR) is 98.6 cm³/mol. The summed E-state index contributed by atoms with van der Waals surface area (Å²) in [5, 5.41) is 10.7. The summed E-state index contributed by atoms with van der Waals surface area (Å²) >= 11 is 6.45. The Bertz CT molecular complexity index is 784. The summed E-state index contributed by atoms with van der Waals surface area (Å²) in [5.41, 5.74) is -1.28. The summed E-state index contributed by atoms with van der Waals surface area (Å²) in [6, 6.07) is 1.15. The number of rotatable bonds is 4. The number of hydrogen-bond acceptors (Lipinski definition) is 5. The molecule has 1 saturated heterocycles. The van der Waals surface area contributed by atoms with E-state index < -0.39 is 42.9 Å². The number of aliphatic hydroxyl groups is 1. The number of hydrogen-bond donors (Lipinski definition) is 2. The molecule has 2 rings (SSSR count). The third-order valence-electron chi connectivity index (χ3n) is 5.07. The minimum Gasteiger partial charge on any atom is -0.414 e. The van der Waals surface area contributed by atoms with Crippen LogP contribution in [0.25, 0.3) is 0 Å². The molecule has 1 aliphatic rings. The van der Waals surface area contributed by atoms with E-state index in [2.05, 4.69) is 38.8 Å². The van der Waals surface area contributed by atoms with Crippen LogP contribution in [-0.2, 0) is 9.16 Å². The molecule has 0 amide bonds. The molecule has 4 atom stereocenters. The lowest BCUT2D eigenvalue weighted by molar-refractivity contribution is -0.0444. The van der Waals surface area contributed by atoms with Gasteiger partial charge in [0.1, 0.15) is 17.1 Å². The fourth-order valence-corrected chi connectivity index (χ4v) is 3.63. The van der Waals surface area contributed by atoms with Gasteiger partial charge in [-0.2, -0.15) is 0 Å². The van der Waals surface area contributed by atoms with Gasteiger partial charge in [0.25, 0.3) is 5.56 Å². The first-order valence-corrected chi connectivity index (χ1v) is 11.4. The second-order valence-electron chi connectivity index (χ2n) is 8.03. The van der Waals surface area contributed by atoms with Gasteiger partial charge in [-0.15, -0.1) is 11.6 Å². The molecule has 1 aromatic heterocycles. The molecule has 25 heavy (non-hydrogen) atoms. The highest BCUT2D eigenvalue weighted by Crippen LogP contribution is 2.43. The fourth-order valence-electron chi connectivity index (χ4n) is 2.35. The van der Waals surface area contributed by atoms with Crippen molar-refractivity contribution in [1.29, 1.82) is 0 Å². The van der Waals surface area contributed by atoms with Crippen molar-refractivity contribution >= 4 is 19.9 Å². The van der Waals surface area contributed by atoms with E-state index in [1.807, 2.05) is 0 Å².